The quantitative estimate of drug-likeness (QED) is 0.844. The van der Waals surface area contributed by atoms with Crippen LogP contribution in [0.5, 0.6) is 0 Å². The molecule has 1 aliphatic carbocycles. The molecule has 0 radical (unpaired) electrons. The lowest BCUT2D eigenvalue weighted by molar-refractivity contribution is 0.0697. The van der Waals surface area contributed by atoms with Gasteiger partial charge in [-0.05, 0) is 42.7 Å². The fourth-order valence-corrected chi connectivity index (χ4v) is 2.13. The number of amides is 1. The summed E-state index contributed by atoms with van der Waals surface area (Å²) in [7, 11) is 0. The summed E-state index contributed by atoms with van der Waals surface area (Å²) in [5.41, 5.74) is 0.798. The maximum atomic E-state index is 13.2. The van der Waals surface area contributed by atoms with Crippen molar-refractivity contribution in [2.24, 2.45) is 0 Å². The molecule has 2 aromatic rings. The zero-order valence-corrected chi connectivity index (χ0v) is 10.4. The van der Waals surface area contributed by atoms with E-state index in [0.29, 0.717) is 12.3 Å². The normalized spacial score (nSPS) is 14.4. The Balaban J connectivity index is 1.80. The van der Waals surface area contributed by atoms with Crippen molar-refractivity contribution in [1.82, 2.24) is 4.90 Å². The van der Waals surface area contributed by atoms with Crippen molar-refractivity contribution >= 4 is 5.91 Å². The Bertz CT molecular complexity index is 576. The van der Waals surface area contributed by atoms with Crippen molar-refractivity contribution in [2.45, 2.75) is 25.4 Å². The molecule has 0 saturated heterocycles. The van der Waals surface area contributed by atoms with E-state index in [4.69, 9.17) is 4.42 Å². The Morgan fingerprint density at radius 2 is 2.16 bits per heavy atom. The first-order chi connectivity index (χ1) is 9.24. The molecule has 19 heavy (non-hydrogen) atoms. The smallest absolute Gasteiger partial charge is 0.290 e. The number of carbonyl (C=O) groups excluding carboxylic acids is 1. The molecule has 1 heterocycles. The maximum Gasteiger partial charge on any atom is 0.290 e. The van der Waals surface area contributed by atoms with Gasteiger partial charge in [0.25, 0.3) is 5.91 Å². The first kappa shape index (κ1) is 12.0. The summed E-state index contributed by atoms with van der Waals surface area (Å²) in [6, 6.07) is 9.95. The molecule has 98 valence electrons. The SMILES string of the molecule is O=C(c1ccco1)N(Cc1cccc(F)c1)C1CC1. The molecule has 1 aromatic carbocycles. The molecule has 1 aliphatic rings. The van der Waals surface area contributed by atoms with Gasteiger partial charge in [-0.15, -0.1) is 0 Å². The van der Waals surface area contributed by atoms with Gasteiger partial charge in [0.2, 0.25) is 0 Å². The van der Waals surface area contributed by atoms with Crippen LogP contribution in [0.3, 0.4) is 0 Å². The van der Waals surface area contributed by atoms with Crippen molar-refractivity contribution in [2.75, 3.05) is 0 Å². The summed E-state index contributed by atoms with van der Waals surface area (Å²) in [4.78, 5) is 14.1. The Morgan fingerprint density at radius 1 is 1.32 bits per heavy atom. The van der Waals surface area contributed by atoms with Crippen molar-refractivity contribution in [1.29, 1.82) is 0 Å². The van der Waals surface area contributed by atoms with Gasteiger partial charge in [-0.3, -0.25) is 4.79 Å². The second-order valence-corrected chi connectivity index (χ2v) is 4.77. The Kier molecular flexibility index (Phi) is 3.07. The molecule has 0 N–H and O–H groups in total. The number of furan rings is 1. The molecule has 1 aromatic heterocycles. The Hall–Kier alpha value is -2.10. The van der Waals surface area contributed by atoms with Gasteiger partial charge in [-0.1, -0.05) is 12.1 Å². The fourth-order valence-electron chi connectivity index (χ4n) is 2.13. The Labute approximate surface area is 110 Å². The minimum Gasteiger partial charge on any atom is -0.459 e. The molecule has 0 spiro atoms. The van der Waals surface area contributed by atoms with E-state index in [1.54, 1.807) is 23.1 Å². The molecule has 1 fully saturated rings. The summed E-state index contributed by atoms with van der Waals surface area (Å²) in [5.74, 6) is -0.0706. The van der Waals surface area contributed by atoms with E-state index >= 15 is 0 Å². The summed E-state index contributed by atoms with van der Waals surface area (Å²) < 4.78 is 18.3. The van der Waals surface area contributed by atoms with Crippen LogP contribution in [0.4, 0.5) is 4.39 Å². The van der Waals surface area contributed by atoms with Gasteiger partial charge in [-0.2, -0.15) is 0 Å². The van der Waals surface area contributed by atoms with Gasteiger partial charge in [0, 0.05) is 12.6 Å². The van der Waals surface area contributed by atoms with Crippen LogP contribution in [-0.2, 0) is 6.54 Å². The first-order valence-corrected chi connectivity index (χ1v) is 6.33. The topological polar surface area (TPSA) is 33.5 Å². The number of benzene rings is 1. The molecular formula is C15H14FNO2. The molecule has 1 amide bonds. The largest absolute Gasteiger partial charge is 0.459 e. The summed E-state index contributed by atoms with van der Waals surface area (Å²) in [5, 5.41) is 0. The van der Waals surface area contributed by atoms with Crippen LogP contribution >= 0.6 is 0 Å². The third kappa shape index (κ3) is 2.67. The standard InChI is InChI=1S/C15H14FNO2/c16-12-4-1-3-11(9-12)10-17(13-6-7-13)15(18)14-5-2-8-19-14/h1-5,8-9,13H,6-7,10H2. The highest BCUT2D eigenvalue weighted by Crippen LogP contribution is 2.30. The second-order valence-electron chi connectivity index (χ2n) is 4.77. The van der Waals surface area contributed by atoms with Gasteiger partial charge >= 0.3 is 0 Å². The van der Waals surface area contributed by atoms with Gasteiger partial charge in [0.15, 0.2) is 5.76 Å². The maximum absolute atomic E-state index is 13.2. The third-order valence-corrected chi connectivity index (χ3v) is 3.22. The third-order valence-electron chi connectivity index (χ3n) is 3.22. The van der Waals surface area contributed by atoms with Crippen molar-refractivity contribution < 1.29 is 13.6 Å². The molecule has 0 bridgehead atoms. The molecule has 0 aliphatic heterocycles. The molecule has 1 saturated carbocycles. The number of halogens is 1. The zero-order chi connectivity index (χ0) is 13.2. The van der Waals surface area contributed by atoms with E-state index in [0.717, 1.165) is 18.4 Å². The molecule has 3 nitrogen and oxygen atoms in total. The van der Waals surface area contributed by atoms with Gasteiger partial charge in [-0.25, -0.2) is 4.39 Å². The van der Waals surface area contributed by atoms with Crippen molar-refractivity contribution in [3.05, 3.63) is 59.8 Å². The zero-order valence-electron chi connectivity index (χ0n) is 10.4. The molecule has 0 atom stereocenters. The van der Waals surface area contributed by atoms with Crippen molar-refractivity contribution in [3.63, 3.8) is 0 Å². The second kappa shape index (κ2) is 4.88. The minimum atomic E-state index is -0.279. The van der Waals surface area contributed by atoms with Crippen molar-refractivity contribution in [3.8, 4) is 0 Å². The summed E-state index contributed by atoms with van der Waals surface area (Å²) >= 11 is 0. The fraction of sp³-hybridized carbons (Fsp3) is 0.267. The lowest BCUT2D eigenvalue weighted by atomic mass is 10.2. The van der Waals surface area contributed by atoms with Crippen LogP contribution in [0, 0.1) is 5.82 Å². The minimum absolute atomic E-state index is 0.128. The lowest BCUT2D eigenvalue weighted by Gasteiger charge is -2.21. The highest BCUT2D eigenvalue weighted by atomic mass is 19.1. The molecule has 4 heteroatoms. The van der Waals surface area contributed by atoms with E-state index in [9.17, 15) is 9.18 Å². The first-order valence-electron chi connectivity index (χ1n) is 6.33. The Morgan fingerprint density at radius 3 is 2.79 bits per heavy atom. The highest BCUT2D eigenvalue weighted by molar-refractivity contribution is 5.91. The lowest BCUT2D eigenvalue weighted by Crippen LogP contribution is -2.32. The van der Waals surface area contributed by atoms with Crippen LogP contribution in [0.15, 0.2) is 47.1 Å². The predicted molar refractivity (Wildman–Crippen MR) is 68.0 cm³/mol. The molecular weight excluding hydrogens is 245 g/mol. The van der Waals surface area contributed by atoms with Crippen LogP contribution in [0.25, 0.3) is 0 Å². The van der Waals surface area contributed by atoms with Gasteiger partial charge < -0.3 is 9.32 Å². The summed E-state index contributed by atoms with van der Waals surface area (Å²) in [6.45, 7) is 0.419. The van der Waals surface area contributed by atoms with E-state index < -0.39 is 0 Å². The van der Waals surface area contributed by atoms with Crippen LogP contribution in [0.2, 0.25) is 0 Å². The molecule has 0 unspecified atom stereocenters. The number of hydrogen-bond acceptors (Lipinski definition) is 2. The molecule has 3 rings (SSSR count). The predicted octanol–water partition coefficient (Wildman–Crippen LogP) is 3.22. The average Bonchev–Trinajstić information content (AvgIpc) is 3.09. The van der Waals surface area contributed by atoms with E-state index in [1.807, 2.05) is 6.07 Å². The van der Waals surface area contributed by atoms with E-state index in [-0.39, 0.29) is 17.8 Å². The van der Waals surface area contributed by atoms with Gasteiger partial charge in [0.05, 0.1) is 6.26 Å². The monoisotopic (exact) mass is 259 g/mol. The highest BCUT2D eigenvalue weighted by Gasteiger charge is 2.34. The van der Waals surface area contributed by atoms with Crippen LogP contribution in [0.1, 0.15) is 29.0 Å². The number of nitrogens with zero attached hydrogens (tertiary/aromatic N) is 1. The van der Waals surface area contributed by atoms with Crippen LogP contribution < -0.4 is 0 Å². The number of rotatable bonds is 4. The van der Waals surface area contributed by atoms with E-state index in [1.165, 1.54) is 18.4 Å². The van der Waals surface area contributed by atoms with E-state index in [2.05, 4.69) is 0 Å². The number of carbonyl (C=O) groups is 1. The van der Waals surface area contributed by atoms with Gasteiger partial charge in [0.1, 0.15) is 5.82 Å². The van der Waals surface area contributed by atoms with Crippen LogP contribution in [-0.4, -0.2) is 16.8 Å². The average molecular weight is 259 g/mol. The number of hydrogen-bond donors (Lipinski definition) is 0. The summed E-state index contributed by atoms with van der Waals surface area (Å²) in [6.07, 6.45) is 3.49.